The fourth-order valence-electron chi connectivity index (χ4n) is 2.08. The monoisotopic (exact) mass is 261 g/mol. The molecule has 0 amide bonds. The molecule has 1 aromatic rings. The smallest absolute Gasteiger partial charge is 0.311 e. The Balaban J connectivity index is 2.45. The number of allylic oxidation sites excluding steroid dienone is 2. The number of rotatable bonds is 4. The Kier molecular flexibility index (Phi) is 3.85. The van der Waals surface area contributed by atoms with Crippen LogP contribution >= 0.6 is 0 Å². The Hall–Kier alpha value is -2.30. The number of hydrogen-bond donors (Lipinski definition) is 1. The van der Waals surface area contributed by atoms with Gasteiger partial charge >= 0.3 is 5.69 Å². The number of nitro benzene ring substituents is 1. The average Bonchev–Trinajstić information content (AvgIpc) is 2.40. The van der Waals surface area contributed by atoms with Crippen LogP contribution in [-0.2, 0) is 4.74 Å². The van der Waals surface area contributed by atoms with E-state index in [1.807, 2.05) is 6.08 Å². The molecule has 0 atom stereocenters. The molecule has 5 nitrogen and oxygen atoms in total. The third-order valence-electron chi connectivity index (χ3n) is 2.95. The van der Waals surface area contributed by atoms with Crippen LogP contribution in [0.2, 0.25) is 0 Å². The molecular weight excluding hydrogens is 246 g/mol. The second-order valence-electron chi connectivity index (χ2n) is 4.34. The molecule has 0 bridgehead atoms. The highest BCUT2D eigenvalue weighted by Gasteiger charge is 2.18. The van der Waals surface area contributed by atoms with Crippen LogP contribution in [-0.4, -0.2) is 10.0 Å². The molecule has 0 radical (unpaired) electrons. The van der Waals surface area contributed by atoms with Crippen LogP contribution in [0.5, 0.6) is 5.75 Å². The van der Waals surface area contributed by atoms with E-state index in [4.69, 9.17) is 4.74 Å². The van der Waals surface area contributed by atoms with Gasteiger partial charge in [-0.05, 0) is 36.6 Å². The maximum absolute atomic E-state index is 10.8. The predicted octanol–water partition coefficient (Wildman–Crippen LogP) is 3.75. The zero-order valence-corrected chi connectivity index (χ0v) is 10.6. The lowest BCUT2D eigenvalue weighted by molar-refractivity contribution is -0.385. The summed E-state index contributed by atoms with van der Waals surface area (Å²) in [6.07, 6.45) is 6.17. The molecular formula is C14H15NO4. The molecule has 0 saturated carbocycles. The maximum atomic E-state index is 10.8. The van der Waals surface area contributed by atoms with Gasteiger partial charge in [-0.2, -0.15) is 0 Å². The van der Waals surface area contributed by atoms with E-state index < -0.39 is 4.92 Å². The molecule has 1 aliphatic rings. The summed E-state index contributed by atoms with van der Waals surface area (Å²) in [5.41, 5.74) is 1.43. The van der Waals surface area contributed by atoms with E-state index in [2.05, 4.69) is 6.92 Å². The number of aromatic hydroxyl groups is 1. The maximum Gasteiger partial charge on any atom is 0.311 e. The largest absolute Gasteiger partial charge is 0.502 e. The van der Waals surface area contributed by atoms with E-state index in [-0.39, 0.29) is 11.4 Å². The topological polar surface area (TPSA) is 72.6 Å². The first-order valence-corrected chi connectivity index (χ1v) is 6.15. The van der Waals surface area contributed by atoms with Gasteiger partial charge in [0.2, 0.25) is 0 Å². The Labute approximate surface area is 111 Å². The molecule has 0 spiro atoms. The summed E-state index contributed by atoms with van der Waals surface area (Å²) >= 11 is 0. The van der Waals surface area contributed by atoms with Crippen LogP contribution in [0.3, 0.4) is 0 Å². The normalized spacial score (nSPS) is 14.4. The van der Waals surface area contributed by atoms with E-state index in [0.29, 0.717) is 11.3 Å². The Morgan fingerprint density at radius 3 is 2.95 bits per heavy atom. The summed E-state index contributed by atoms with van der Waals surface area (Å²) in [4.78, 5) is 10.2. The van der Waals surface area contributed by atoms with Crippen molar-refractivity contribution in [1.82, 2.24) is 0 Å². The number of nitrogens with zero attached hydrogens (tertiary/aromatic N) is 1. The second kappa shape index (κ2) is 5.56. The minimum absolute atomic E-state index is 0.306. The lowest BCUT2D eigenvalue weighted by Gasteiger charge is -2.17. The minimum Gasteiger partial charge on any atom is -0.502 e. The third-order valence-corrected chi connectivity index (χ3v) is 2.95. The van der Waals surface area contributed by atoms with Crippen molar-refractivity contribution >= 4 is 11.4 Å². The Morgan fingerprint density at radius 2 is 2.26 bits per heavy atom. The molecule has 0 unspecified atom stereocenters. The van der Waals surface area contributed by atoms with Crippen molar-refractivity contribution in [3.05, 3.63) is 51.8 Å². The Bertz CT molecular complexity index is 561. The highest BCUT2D eigenvalue weighted by atomic mass is 16.6. The van der Waals surface area contributed by atoms with Gasteiger partial charge in [-0.1, -0.05) is 13.3 Å². The summed E-state index contributed by atoms with van der Waals surface area (Å²) < 4.78 is 5.50. The Morgan fingerprint density at radius 1 is 1.47 bits per heavy atom. The van der Waals surface area contributed by atoms with Crippen LogP contribution in [0.15, 0.2) is 36.1 Å². The zero-order chi connectivity index (χ0) is 13.8. The third kappa shape index (κ3) is 2.76. The first-order chi connectivity index (χ1) is 9.13. The van der Waals surface area contributed by atoms with Gasteiger partial charge in [0, 0.05) is 11.6 Å². The van der Waals surface area contributed by atoms with Crippen molar-refractivity contribution in [2.75, 3.05) is 0 Å². The van der Waals surface area contributed by atoms with Gasteiger partial charge in [0.25, 0.3) is 0 Å². The van der Waals surface area contributed by atoms with Gasteiger partial charge in [-0.15, -0.1) is 0 Å². The van der Waals surface area contributed by atoms with E-state index >= 15 is 0 Å². The molecule has 0 aliphatic carbocycles. The van der Waals surface area contributed by atoms with E-state index in [1.54, 1.807) is 12.3 Å². The van der Waals surface area contributed by atoms with Gasteiger partial charge in [0.1, 0.15) is 5.76 Å². The van der Waals surface area contributed by atoms with Crippen LogP contribution < -0.4 is 0 Å². The average molecular weight is 261 g/mol. The quantitative estimate of drug-likeness (QED) is 0.661. The molecule has 5 heteroatoms. The highest BCUT2D eigenvalue weighted by molar-refractivity contribution is 5.68. The molecule has 0 aromatic heterocycles. The molecule has 1 aliphatic heterocycles. The summed E-state index contributed by atoms with van der Waals surface area (Å²) in [6.45, 7) is 2.07. The summed E-state index contributed by atoms with van der Waals surface area (Å²) in [7, 11) is 0. The fraction of sp³-hybridized carbons (Fsp3) is 0.286. The van der Waals surface area contributed by atoms with Crippen molar-refractivity contribution in [1.29, 1.82) is 0 Å². The number of phenolic OH excluding ortho intramolecular Hbond substituents is 1. The van der Waals surface area contributed by atoms with E-state index in [0.717, 1.165) is 24.8 Å². The van der Waals surface area contributed by atoms with Crippen LogP contribution in [0.1, 0.15) is 31.7 Å². The van der Waals surface area contributed by atoms with Gasteiger partial charge in [0.15, 0.2) is 5.75 Å². The van der Waals surface area contributed by atoms with Crippen LogP contribution in [0, 0.1) is 10.1 Å². The minimum atomic E-state index is -0.600. The first-order valence-electron chi connectivity index (χ1n) is 6.15. The van der Waals surface area contributed by atoms with Crippen molar-refractivity contribution in [3.8, 4) is 5.75 Å². The molecule has 19 heavy (non-hydrogen) atoms. The molecule has 1 heterocycles. The number of benzene rings is 1. The second-order valence-corrected chi connectivity index (χ2v) is 4.34. The number of nitro groups is 1. The van der Waals surface area contributed by atoms with Gasteiger partial charge < -0.3 is 9.84 Å². The number of phenols is 1. The molecule has 1 aromatic carbocycles. The van der Waals surface area contributed by atoms with E-state index in [9.17, 15) is 15.2 Å². The molecule has 100 valence electrons. The van der Waals surface area contributed by atoms with Crippen molar-refractivity contribution < 1.29 is 14.8 Å². The first kappa shape index (κ1) is 13.1. The SMILES string of the molecule is CCCC1=C(c2ccc(O)c([N+](=O)[O-])c2)OC=CC1. The van der Waals surface area contributed by atoms with Gasteiger partial charge in [-0.3, -0.25) is 10.1 Å². The predicted molar refractivity (Wildman–Crippen MR) is 71.4 cm³/mol. The van der Waals surface area contributed by atoms with Crippen molar-refractivity contribution in [2.24, 2.45) is 0 Å². The van der Waals surface area contributed by atoms with Crippen LogP contribution in [0.25, 0.3) is 5.76 Å². The standard InChI is InChI=1S/C14H15NO4/c1-2-4-10-5-3-8-19-14(10)11-6-7-13(16)12(9-11)15(17)18/h3,6-9,16H,2,4-5H2,1H3. The highest BCUT2D eigenvalue weighted by Crippen LogP contribution is 2.34. The molecule has 2 rings (SSSR count). The molecule has 0 fully saturated rings. The van der Waals surface area contributed by atoms with Crippen molar-refractivity contribution in [3.63, 3.8) is 0 Å². The zero-order valence-electron chi connectivity index (χ0n) is 10.6. The van der Waals surface area contributed by atoms with Crippen molar-refractivity contribution in [2.45, 2.75) is 26.2 Å². The van der Waals surface area contributed by atoms with Crippen LogP contribution in [0.4, 0.5) is 5.69 Å². The summed E-state index contributed by atoms with van der Waals surface area (Å²) in [5, 5.41) is 20.3. The summed E-state index contributed by atoms with van der Waals surface area (Å²) in [6, 6.07) is 4.30. The molecule has 1 N–H and O–H groups in total. The van der Waals surface area contributed by atoms with Gasteiger partial charge in [-0.25, -0.2) is 0 Å². The lowest BCUT2D eigenvalue weighted by Crippen LogP contribution is -1.99. The van der Waals surface area contributed by atoms with E-state index in [1.165, 1.54) is 12.1 Å². The molecule has 0 saturated heterocycles. The fourth-order valence-corrected chi connectivity index (χ4v) is 2.08. The van der Waals surface area contributed by atoms with Gasteiger partial charge in [0.05, 0.1) is 11.2 Å². The lowest BCUT2D eigenvalue weighted by atomic mass is 10.00. The number of ether oxygens (including phenoxy) is 1. The summed E-state index contributed by atoms with van der Waals surface area (Å²) in [5.74, 6) is 0.324. The number of hydrogen-bond acceptors (Lipinski definition) is 4.